The molecule has 9 nitrogen and oxygen atoms in total. The average Bonchev–Trinajstić information content (AvgIpc) is 2.81. The second kappa shape index (κ2) is 10.2. The summed E-state index contributed by atoms with van der Waals surface area (Å²) in [5, 5.41) is 10.5. The summed E-state index contributed by atoms with van der Waals surface area (Å²) < 4.78 is 5.36. The minimum Gasteiger partial charge on any atom is -0.378 e. The predicted molar refractivity (Wildman–Crippen MR) is 120 cm³/mol. The number of hydrogen-bond acceptors (Lipinski definition) is 7. The van der Waals surface area contributed by atoms with Crippen LogP contribution in [0.2, 0.25) is 0 Å². The van der Waals surface area contributed by atoms with Crippen LogP contribution in [0, 0.1) is 11.8 Å². The number of carbonyl (C=O) groups excluding carboxylic acids is 2. The van der Waals surface area contributed by atoms with Crippen LogP contribution in [-0.2, 0) is 9.53 Å². The lowest BCUT2D eigenvalue weighted by molar-refractivity contribution is -0.117. The van der Waals surface area contributed by atoms with Crippen LogP contribution in [0.3, 0.4) is 0 Å². The lowest BCUT2D eigenvalue weighted by Crippen LogP contribution is -2.38. The number of morpholine rings is 1. The number of hydrogen-bond donors (Lipinski definition) is 2. The van der Waals surface area contributed by atoms with E-state index in [9.17, 15) is 14.7 Å². The fraction of sp³-hybridized carbons (Fsp3) is 0.391. The molecule has 3 rings (SSSR count). The minimum atomic E-state index is -1.25. The fourth-order valence-electron chi connectivity index (χ4n) is 3.18. The molecule has 2 amide bonds. The molecule has 1 unspecified atom stereocenters. The first-order chi connectivity index (χ1) is 15.3. The Hall–Kier alpha value is -3.48. The number of carbonyl (C=O) groups is 2. The fourth-order valence-corrected chi connectivity index (χ4v) is 3.18. The minimum absolute atomic E-state index is 0.163. The summed E-state index contributed by atoms with van der Waals surface area (Å²) in [6, 6.07) is 7.21. The Labute approximate surface area is 187 Å². The Balaban J connectivity index is 1.84. The van der Waals surface area contributed by atoms with Gasteiger partial charge >= 0.3 is 0 Å². The zero-order valence-electron chi connectivity index (χ0n) is 18.2. The van der Waals surface area contributed by atoms with Crippen LogP contribution < -0.4 is 10.6 Å². The summed E-state index contributed by atoms with van der Waals surface area (Å²) in [6.07, 6.45) is 2.64. The van der Waals surface area contributed by atoms with Crippen molar-refractivity contribution in [1.29, 1.82) is 0 Å². The summed E-state index contributed by atoms with van der Waals surface area (Å²) in [6.45, 7) is 4.40. The third-order valence-corrected chi connectivity index (χ3v) is 5.08. The number of amides is 2. The van der Waals surface area contributed by atoms with Gasteiger partial charge in [0.25, 0.3) is 5.91 Å². The summed E-state index contributed by atoms with van der Waals surface area (Å²) in [5.41, 5.74) is 6.43. The summed E-state index contributed by atoms with van der Waals surface area (Å²) in [4.78, 5) is 35.1. The first-order valence-electron chi connectivity index (χ1n) is 10.3. The highest BCUT2D eigenvalue weighted by Crippen LogP contribution is 2.23. The van der Waals surface area contributed by atoms with Gasteiger partial charge in [-0.15, -0.1) is 0 Å². The number of aromatic nitrogens is 2. The molecule has 1 aliphatic heterocycles. The van der Waals surface area contributed by atoms with E-state index < -0.39 is 11.5 Å². The molecule has 32 heavy (non-hydrogen) atoms. The van der Waals surface area contributed by atoms with Gasteiger partial charge in [0.1, 0.15) is 5.60 Å². The molecule has 1 fully saturated rings. The number of aliphatic hydroxyl groups is 1. The zero-order valence-corrected chi connectivity index (χ0v) is 18.2. The van der Waals surface area contributed by atoms with E-state index in [1.807, 2.05) is 11.0 Å². The average molecular weight is 438 g/mol. The first kappa shape index (κ1) is 23.2. The highest BCUT2D eigenvalue weighted by Gasteiger charge is 2.21. The molecule has 3 N–H and O–H groups in total. The SMILES string of the molecule is CN(C=O)CCC(C)(O)C#Cc1cccc(-c2ncc(N3CCOCC3)c(C(N)=O)n2)c1. The van der Waals surface area contributed by atoms with Crippen LogP contribution in [0.15, 0.2) is 30.5 Å². The maximum Gasteiger partial charge on any atom is 0.269 e. The van der Waals surface area contributed by atoms with E-state index in [2.05, 4.69) is 21.8 Å². The second-order valence-corrected chi connectivity index (χ2v) is 7.83. The van der Waals surface area contributed by atoms with Gasteiger partial charge in [-0.05, 0) is 19.1 Å². The van der Waals surface area contributed by atoms with Gasteiger partial charge in [-0.25, -0.2) is 9.97 Å². The molecule has 0 bridgehead atoms. The highest BCUT2D eigenvalue weighted by molar-refractivity contribution is 5.97. The number of primary amides is 1. The topological polar surface area (TPSA) is 122 Å². The number of benzene rings is 1. The van der Waals surface area contributed by atoms with Crippen molar-refractivity contribution in [3.05, 3.63) is 41.7 Å². The molecule has 1 aromatic heterocycles. The highest BCUT2D eigenvalue weighted by atomic mass is 16.5. The van der Waals surface area contributed by atoms with Gasteiger partial charge in [0.15, 0.2) is 11.5 Å². The smallest absolute Gasteiger partial charge is 0.269 e. The largest absolute Gasteiger partial charge is 0.378 e. The lowest BCUT2D eigenvalue weighted by atomic mass is 10.0. The van der Waals surface area contributed by atoms with Crippen molar-refractivity contribution in [2.45, 2.75) is 18.9 Å². The van der Waals surface area contributed by atoms with Crippen molar-refractivity contribution in [2.75, 3.05) is 44.8 Å². The lowest BCUT2D eigenvalue weighted by Gasteiger charge is -2.29. The number of nitrogens with zero attached hydrogens (tertiary/aromatic N) is 4. The molecular formula is C23H27N5O4. The van der Waals surface area contributed by atoms with Crippen molar-refractivity contribution in [2.24, 2.45) is 5.73 Å². The molecule has 1 aromatic carbocycles. The molecule has 9 heteroatoms. The predicted octanol–water partition coefficient (Wildman–Crippen LogP) is 0.660. The Bertz CT molecular complexity index is 1040. The van der Waals surface area contributed by atoms with Gasteiger partial charge < -0.3 is 25.4 Å². The van der Waals surface area contributed by atoms with Crippen LogP contribution in [0.1, 0.15) is 29.4 Å². The van der Waals surface area contributed by atoms with E-state index in [1.165, 1.54) is 4.90 Å². The molecule has 0 radical (unpaired) electrons. The van der Waals surface area contributed by atoms with Crippen LogP contribution >= 0.6 is 0 Å². The van der Waals surface area contributed by atoms with Crippen molar-refractivity contribution in [3.63, 3.8) is 0 Å². The first-order valence-corrected chi connectivity index (χ1v) is 10.3. The van der Waals surface area contributed by atoms with E-state index in [0.717, 1.165) is 0 Å². The zero-order chi connectivity index (χ0) is 23.1. The molecule has 2 heterocycles. The van der Waals surface area contributed by atoms with Crippen LogP contribution in [-0.4, -0.2) is 77.8 Å². The van der Waals surface area contributed by atoms with Gasteiger partial charge in [-0.1, -0.05) is 24.0 Å². The Morgan fingerprint density at radius 1 is 1.41 bits per heavy atom. The molecule has 0 saturated carbocycles. The van der Waals surface area contributed by atoms with Crippen LogP contribution in [0.5, 0.6) is 0 Å². The third kappa shape index (κ3) is 6.03. The molecule has 1 saturated heterocycles. The molecule has 1 atom stereocenters. The van der Waals surface area contributed by atoms with Crippen molar-refractivity contribution >= 4 is 18.0 Å². The van der Waals surface area contributed by atoms with Gasteiger partial charge in [-0.3, -0.25) is 9.59 Å². The number of rotatable bonds is 7. The van der Waals surface area contributed by atoms with E-state index in [0.29, 0.717) is 68.3 Å². The standard InChI is InChI=1S/C23H27N5O4/c1-23(31,8-9-27(2)16-29)7-6-17-4-3-5-18(14-17)22-25-15-19(20(26-22)21(24)30)28-10-12-32-13-11-28/h3-5,14-16,31H,8-13H2,1-2H3,(H2,24,30). The van der Waals surface area contributed by atoms with E-state index in [1.54, 1.807) is 38.4 Å². The third-order valence-electron chi connectivity index (χ3n) is 5.08. The molecule has 0 spiro atoms. The molecule has 168 valence electrons. The van der Waals surface area contributed by atoms with E-state index in [4.69, 9.17) is 10.5 Å². The van der Waals surface area contributed by atoms with Gasteiger partial charge in [-0.2, -0.15) is 0 Å². The summed E-state index contributed by atoms with van der Waals surface area (Å²) >= 11 is 0. The molecule has 1 aliphatic rings. The summed E-state index contributed by atoms with van der Waals surface area (Å²) in [7, 11) is 1.64. The van der Waals surface area contributed by atoms with E-state index >= 15 is 0 Å². The number of ether oxygens (including phenoxy) is 1. The van der Waals surface area contributed by atoms with Crippen molar-refractivity contribution < 1.29 is 19.4 Å². The van der Waals surface area contributed by atoms with E-state index in [-0.39, 0.29) is 5.69 Å². The normalized spacial score (nSPS) is 15.3. The Morgan fingerprint density at radius 2 is 2.16 bits per heavy atom. The molecule has 2 aromatic rings. The van der Waals surface area contributed by atoms with Crippen LogP contribution in [0.25, 0.3) is 11.4 Å². The Morgan fingerprint density at radius 3 is 2.84 bits per heavy atom. The molecule has 0 aliphatic carbocycles. The summed E-state index contributed by atoms with van der Waals surface area (Å²) in [5.74, 6) is 5.54. The monoisotopic (exact) mass is 437 g/mol. The number of nitrogens with two attached hydrogens (primary N) is 1. The van der Waals surface area contributed by atoms with Crippen molar-refractivity contribution in [1.82, 2.24) is 14.9 Å². The second-order valence-electron chi connectivity index (χ2n) is 7.83. The Kier molecular flexibility index (Phi) is 7.41. The number of anilines is 1. The van der Waals surface area contributed by atoms with Crippen LogP contribution in [0.4, 0.5) is 5.69 Å². The van der Waals surface area contributed by atoms with Gasteiger partial charge in [0.05, 0.1) is 25.1 Å². The van der Waals surface area contributed by atoms with Gasteiger partial charge in [0.2, 0.25) is 6.41 Å². The van der Waals surface area contributed by atoms with Crippen molar-refractivity contribution in [3.8, 4) is 23.2 Å². The quantitative estimate of drug-likeness (QED) is 0.482. The maximum atomic E-state index is 12.1. The van der Waals surface area contributed by atoms with Gasteiger partial charge in [0, 0.05) is 44.2 Å². The molecular weight excluding hydrogens is 410 g/mol. The maximum absolute atomic E-state index is 12.1.